The van der Waals surface area contributed by atoms with E-state index in [1.807, 2.05) is 24.6 Å². The van der Waals surface area contributed by atoms with Crippen molar-refractivity contribution in [2.24, 2.45) is 4.99 Å². The Hall–Kier alpha value is -1.03. The number of rotatable bonds is 1. The number of nitriles is 1. The Balaban J connectivity index is 2.43. The third kappa shape index (κ3) is 2.86. The van der Waals surface area contributed by atoms with E-state index in [1.54, 1.807) is 0 Å². The maximum atomic E-state index is 8.65. The second-order valence-corrected chi connectivity index (χ2v) is 5.46. The molecule has 4 nitrogen and oxygen atoms in total. The number of nitrogens with one attached hydrogen (secondary N) is 2. The molecule has 0 saturated carbocycles. The van der Waals surface area contributed by atoms with Crippen molar-refractivity contribution in [1.29, 1.82) is 5.26 Å². The maximum Gasteiger partial charge on any atom is 0.183 e. The number of hydrogen-bond acceptors (Lipinski definition) is 4. The van der Waals surface area contributed by atoms with Crippen molar-refractivity contribution in [3.8, 4) is 6.19 Å². The Labute approximate surface area is 119 Å². The van der Waals surface area contributed by atoms with Crippen LogP contribution in [0, 0.1) is 11.5 Å². The fraction of sp³-hybridized carbons (Fsp3) is 0.333. The zero-order valence-electron chi connectivity index (χ0n) is 9.96. The molecule has 0 fully saturated rings. The van der Waals surface area contributed by atoms with Crippen LogP contribution in [0.4, 0.5) is 5.69 Å². The average molecular weight is 325 g/mol. The lowest BCUT2D eigenvalue weighted by atomic mass is 9.99. The Morgan fingerprint density at radius 3 is 3.11 bits per heavy atom. The van der Waals surface area contributed by atoms with Crippen LogP contribution in [-0.4, -0.2) is 18.0 Å². The van der Waals surface area contributed by atoms with Gasteiger partial charge < -0.3 is 5.32 Å². The Morgan fingerprint density at radius 1 is 1.56 bits per heavy atom. The van der Waals surface area contributed by atoms with Crippen molar-refractivity contribution >= 4 is 38.5 Å². The van der Waals surface area contributed by atoms with Crippen LogP contribution in [0.2, 0.25) is 0 Å². The highest BCUT2D eigenvalue weighted by molar-refractivity contribution is 9.10. The largest absolute Gasteiger partial charge is 0.312 e. The number of hydrogen-bond donors (Lipinski definition) is 2. The first kappa shape index (κ1) is 13.4. The van der Waals surface area contributed by atoms with Crippen LogP contribution in [-0.2, 0) is 13.0 Å². The molecule has 1 aromatic carbocycles. The second-order valence-electron chi connectivity index (χ2n) is 3.81. The van der Waals surface area contributed by atoms with Gasteiger partial charge >= 0.3 is 0 Å². The molecule has 1 aromatic rings. The summed E-state index contributed by atoms with van der Waals surface area (Å²) in [5.41, 5.74) is 3.45. The first-order valence-corrected chi connectivity index (χ1v) is 7.56. The quantitative estimate of drug-likeness (QED) is 0.360. The zero-order valence-corrected chi connectivity index (χ0v) is 12.4. The van der Waals surface area contributed by atoms with Gasteiger partial charge in [0.1, 0.15) is 0 Å². The van der Waals surface area contributed by atoms with Gasteiger partial charge in [-0.25, -0.2) is 4.99 Å². The third-order valence-corrected chi connectivity index (χ3v) is 4.10. The minimum Gasteiger partial charge on any atom is -0.312 e. The SMILES string of the molecule is CSC(=Nc1ccc(Br)c2c1CNCC2)NC#N. The number of halogens is 1. The monoisotopic (exact) mass is 324 g/mol. The number of nitrogens with zero attached hydrogens (tertiary/aromatic N) is 2. The molecule has 6 heteroatoms. The summed E-state index contributed by atoms with van der Waals surface area (Å²) in [7, 11) is 0. The fourth-order valence-corrected chi connectivity index (χ4v) is 2.84. The lowest BCUT2D eigenvalue weighted by Crippen LogP contribution is -2.24. The van der Waals surface area contributed by atoms with Crippen LogP contribution < -0.4 is 10.6 Å². The van der Waals surface area contributed by atoms with Gasteiger partial charge in [-0.2, -0.15) is 5.26 Å². The Bertz CT molecular complexity index is 522. The highest BCUT2D eigenvalue weighted by Crippen LogP contribution is 2.31. The van der Waals surface area contributed by atoms with Gasteiger partial charge in [-0.3, -0.25) is 5.32 Å². The summed E-state index contributed by atoms with van der Waals surface area (Å²) in [6.45, 7) is 1.81. The highest BCUT2D eigenvalue weighted by Gasteiger charge is 2.15. The summed E-state index contributed by atoms with van der Waals surface area (Å²) in [5.74, 6) is 0. The van der Waals surface area contributed by atoms with Gasteiger partial charge in [-0.15, -0.1) is 0 Å². The molecule has 0 unspecified atom stereocenters. The molecule has 0 atom stereocenters. The summed E-state index contributed by atoms with van der Waals surface area (Å²) >= 11 is 5.01. The van der Waals surface area contributed by atoms with Gasteiger partial charge in [0.2, 0.25) is 0 Å². The van der Waals surface area contributed by atoms with Crippen LogP contribution in [0.15, 0.2) is 21.6 Å². The van der Waals surface area contributed by atoms with Crippen molar-refractivity contribution in [3.05, 3.63) is 27.7 Å². The molecule has 1 aliphatic heterocycles. The lowest BCUT2D eigenvalue weighted by Gasteiger charge is -2.20. The molecule has 0 radical (unpaired) electrons. The Morgan fingerprint density at radius 2 is 2.39 bits per heavy atom. The van der Waals surface area contributed by atoms with Gasteiger partial charge in [0.25, 0.3) is 0 Å². The molecule has 2 rings (SSSR count). The molecule has 1 aliphatic rings. The highest BCUT2D eigenvalue weighted by atomic mass is 79.9. The van der Waals surface area contributed by atoms with Gasteiger partial charge in [0.05, 0.1) is 5.69 Å². The maximum absolute atomic E-state index is 8.65. The van der Waals surface area contributed by atoms with E-state index < -0.39 is 0 Å². The lowest BCUT2D eigenvalue weighted by molar-refractivity contribution is 0.642. The van der Waals surface area contributed by atoms with Crippen molar-refractivity contribution in [2.45, 2.75) is 13.0 Å². The minimum absolute atomic E-state index is 0.618. The molecule has 0 spiro atoms. The fourth-order valence-electron chi connectivity index (χ4n) is 1.93. The van der Waals surface area contributed by atoms with Crippen molar-refractivity contribution in [3.63, 3.8) is 0 Å². The van der Waals surface area contributed by atoms with Crippen LogP contribution >= 0.6 is 27.7 Å². The normalized spacial score (nSPS) is 14.8. The molecule has 0 bridgehead atoms. The number of benzene rings is 1. The number of thioether (sulfide) groups is 1. The molecule has 0 aliphatic carbocycles. The van der Waals surface area contributed by atoms with Gasteiger partial charge in [0.15, 0.2) is 11.4 Å². The van der Waals surface area contributed by atoms with Crippen molar-refractivity contribution in [2.75, 3.05) is 12.8 Å². The van der Waals surface area contributed by atoms with Crippen LogP contribution in [0.5, 0.6) is 0 Å². The van der Waals surface area contributed by atoms with E-state index in [4.69, 9.17) is 5.26 Å². The molecule has 0 saturated heterocycles. The Kier molecular flexibility index (Phi) is 4.64. The van der Waals surface area contributed by atoms with E-state index in [0.717, 1.165) is 29.7 Å². The van der Waals surface area contributed by atoms with Gasteiger partial charge in [0, 0.05) is 11.0 Å². The first-order valence-electron chi connectivity index (χ1n) is 5.55. The van der Waals surface area contributed by atoms with E-state index in [-0.39, 0.29) is 0 Å². The zero-order chi connectivity index (χ0) is 13.0. The van der Waals surface area contributed by atoms with E-state index in [2.05, 4.69) is 31.6 Å². The van der Waals surface area contributed by atoms with E-state index in [1.165, 1.54) is 22.9 Å². The number of fused-ring (bicyclic) bond motifs is 1. The summed E-state index contributed by atoms with van der Waals surface area (Å²) in [4.78, 5) is 4.51. The van der Waals surface area contributed by atoms with Gasteiger partial charge in [-0.05, 0) is 42.5 Å². The molecule has 2 N–H and O–H groups in total. The standard InChI is InChI=1S/C12H13BrN4S/c1-18-12(16-7-14)17-11-3-2-10(13)8-4-5-15-6-9(8)11/h2-3,15H,4-6H2,1H3,(H,16,17). The summed E-state index contributed by atoms with van der Waals surface area (Å²) in [6, 6.07) is 4.00. The van der Waals surface area contributed by atoms with E-state index in [0.29, 0.717) is 5.17 Å². The predicted molar refractivity (Wildman–Crippen MR) is 78.9 cm³/mol. The number of aliphatic imine (C=N–C) groups is 1. The van der Waals surface area contributed by atoms with Crippen LogP contribution in [0.25, 0.3) is 0 Å². The topological polar surface area (TPSA) is 60.2 Å². The van der Waals surface area contributed by atoms with E-state index in [9.17, 15) is 0 Å². The minimum atomic E-state index is 0.618. The van der Waals surface area contributed by atoms with Crippen LogP contribution in [0.1, 0.15) is 11.1 Å². The summed E-state index contributed by atoms with van der Waals surface area (Å²) in [6.07, 6.45) is 4.80. The number of amidine groups is 1. The van der Waals surface area contributed by atoms with Gasteiger partial charge in [-0.1, -0.05) is 27.7 Å². The molecular weight excluding hydrogens is 312 g/mol. The summed E-state index contributed by atoms with van der Waals surface area (Å²) < 4.78 is 1.14. The smallest absolute Gasteiger partial charge is 0.183 e. The van der Waals surface area contributed by atoms with Crippen molar-refractivity contribution < 1.29 is 0 Å². The molecule has 1 heterocycles. The first-order chi connectivity index (χ1) is 8.76. The average Bonchev–Trinajstić information content (AvgIpc) is 2.41. The third-order valence-electron chi connectivity index (χ3n) is 2.78. The van der Waals surface area contributed by atoms with E-state index >= 15 is 0 Å². The molecule has 0 amide bonds. The molecule has 18 heavy (non-hydrogen) atoms. The molecular formula is C12H13BrN4S. The summed E-state index contributed by atoms with van der Waals surface area (Å²) in [5, 5.41) is 15.2. The van der Waals surface area contributed by atoms with Crippen molar-refractivity contribution in [1.82, 2.24) is 10.6 Å². The molecule has 0 aromatic heterocycles. The predicted octanol–water partition coefficient (Wildman–Crippen LogP) is 2.52. The van der Waals surface area contributed by atoms with Crippen LogP contribution in [0.3, 0.4) is 0 Å². The molecule has 94 valence electrons. The second kappa shape index (κ2) is 6.23.